The molecule has 0 saturated carbocycles. The fraction of sp³-hybridized carbons (Fsp3) is 0.125. The summed E-state index contributed by atoms with van der Waals surface area (Å²) in [7, 11) is -2.62. The highest BCUT2D eigenvalue weighted by molar-refractivity contribution is 7.71. The summed E-state index contributed by atoms with van der Waals surface area (Å²) in [5.41, 5.74) is 1.34. The van der Waals surface area contributed by atoms with E-state index in [9.17, 15) is 8.42 Å². The largest absolute Gasteiger partial charge is 0.232 e. The predicted octanol–water partition coefficient (Wildman–Crippen LogP) is 0.719. The summed E-state index contributed by atoms with van der Waals surface area (Å²) in [4.78, 5) is 4.11. The Bertz CT molecular complexity index is 520. The van der Waals surface area contributed by atoms with Crippen LogP contribution in [0.2, 0.25) is 0 Å². The van der Waals surface area contributed by atoms with E-state index in [1.54, 1.807) is 25.1 Å². The van der Waals surface area contributed by atoms with Crippen molar-refractivity contribution in [2.24, 2.45) is 0 Å². The van der Waals surface area contributed by atoms with Gasteiger partial charge in [-0.2, -0.15) is 0 Å². The molecule has 13 heavy (non-hydrogen) atoms. The molecule has 0 aliphatic rings. The molecule has 0 radical (unpaired) electrons. The number of rotatable bonds is 1. The van der Waals surface area contributed by atoms with Gasteiger partial charge in [0.2, 0.25) is 10.9 Å². The Morgan fingerprint density at radius 1 is 1.31 bits per heavy atom. The van der Waals surface area contributed by atoms with E-state index in [2.05, 4.69) is 4.98 Å². The molecule has 0 saturated heterocycles. The van der Waals surface area contributed by atoms with E-state index in [0.29, 0.717) is 16.9 Å². The molecule has 0 aliphatic heterocycles. The average Bonchev–Trinajstić information content (AvgIpc) is 2.39. The zero-order valence-electron chi connectivity index (χ0n) is 6.97. The van der Waals surface area contributed by atoms with E-state index in [4.69, 9.17) is 0 Å². The maximum absolute atomic E-state index is 10.9. The van der Waals surface area contributed by atoms with Crippen molar-refractivity contribution in [1.29, 1.82) is 0 Å². The van der Waals surface area contributed by atoms with Crippen molar-refractivity contribution in [3.8, 4) is 0 Å². The molecule has 0 aliphatic carbocycles. The van der Waals surface area contributed by atoms with Gasteiger partial charge in [-0.1, -0.05) is 12.1 Å². The van der Waals surface area contributed by atoms with Crippen LogP contribution in [0.1, 0.15) is 5.82 Å². The molecule has 1 aromatic carbocycles. The van der Waals surface area contributed by atoms with Crippen molar-refractivity contribution in [2.45, 2.75) is 6.92 Å². The normalized spacial score (nSPS) is 11.2. The minimum atomic E-state index is -2.62. The van der Waals surface area contributed by atoms with E-state index in [0.717, 1.165) is 0 Å². The summed E-state index contributed by atoms with van der Waals surface area (Å²) in [6.07, 6.45) is 0. The van der Waals surface area contributed by atoms with E-state index in [-0.39, 0.29) is 0 Å². The van der Waals surface area contributed by atoms with Gasteiger partial charge in [0.1, 0.15) is 5.82 Å². The van der Waals surface area contributed by atoms with Gasteiger partial charge < -0.3 is 0 Å². The van der Waals surface area contributed by atoms with E-state index in [1.807, 2.05) is 6.07 Å². The Labute approximate surface area is 76.9 Å². The van der Waals surface area contributed by atoms with Gasteiger partial charge in [-0.3, -0.25) is 0 Å². The number of benzene rings is 1. The van der Waals surface area contributed by atoms with Crippen LogP contribution in [0.25, 0.3) is 11.0 Å². The van der Waals surface area contributed by atoms with Crippen molar-refractivity contribution in [3.63, 3.8) is 0 Å². The first-order chi connectivity index (χ1) is 6.20. The van der Waals surface area contributed by atoms with Crippen molar-refractivity contribution >= 4 is 21.9 Å². The fourth-order valence-corrected chi connectivity index (χ4v) is 1.97. The zero-order valence-corrected chi connectivity index (χ0v) is 7.86. The van der Waals surface area contributed by atoms with Gasteiger partial charge in [0, 0.05) is 0 Å². The Balaban J connectivity index is 2.94. The topological polar surface area (TPSA) is 52.0 Å². The van der Waals surface area contributed by atoms with Crippen molar-refractivity contribution in [2.75, 3.05) is 0 Å². The Hall–Kier alpha value is -1.36. The third-order valence-corrected chi connectivity index (χ3v) is 2.69. The van der Waals surface area contributed by atoms with Crippen LogP contribution in [0, 0.1) is 6.92 Å². The lowest BCUT2D eigenvalue weighted by Crippen LogP contribution is -1.97. The van der Waals surface area contributed by atoms with Crippen LogP contribution in [0.15, 0.2) is 24.3 Å². The molecule has 0 atom stereocenters. The summed E-state index contributed by atoms with van der Waals surface area (Å²) in [6.45, 7) is 1.67. The molecular formula is C8H8N2O2S. The quantitative estimate of drug-likeness (QED) is 0.684. The Morgan fingerprint density at radius 3 is 2.69 bits per heavy atom. The van der Waals surface area contributed by atoms with E-state index in [1.165, 1.54) is 3.97 Å². The second-order valence-corrected chi connectivity index (χ2v) is 3.57. The number of hydrogen-bond acceptors (Lipinski definition) is 3. The second-order valence-electron chi connectivity index (χ2n) is 2.70. The lowest BCUT2D eigenvalue weighted by Gasteiger charge is -1.93. The molecule has 2 rings (SSSR count). The Kier molecular flexibility index (Phi) is 1.81. The third kappa shape index (κ3) is 1.21. The minimum absolute atomic E-state index is 0.498. The molecule has 5 heteroatoms. The highest BCUT2D eigenvalue weighted by atomic mass is 32.2. The van der Waals surface area contributed by atoms with E-state index < -0.39 is 10.9 Å². The summed E-state index contributed by atoms with van der Waals surface area (Å²) in [5.74, 6) is 0.498. The smallest absolute Gasteiger partial charge is 0.230 e. The molecule has 2 aromatic rings. The van der Waals surface area contributed by atoms with Gasteiger partial charge >= 0.3 is 0 Å². The van der Waals surface area contributed by atoms with Crippen LogP contribution in [0.3, 0.4) is 0 Å². The molecule has 0 spiro atoms. The van der Waals surface area contributed by atoms with Gasteiger partial charge in [0.25, 0.3) is 0 Å². The number of imidazole rings is 1. The van der Waals surface area contributed by atoms with Crippen molar-refractivity contribution in [3.05, 3.63) is 30.1 Å². The molecule has 1 heterocycles. The first-order valence-corrected chi connectivity index (χ1v) is 4.92. The first kappa shape index (κ1) is 8.25. The van der Waals surface area contributed by atoms with Crippen LogP contribution in [-0.2, 0) is 10.9 Å². The lowest BCUT2D eigenvalue weighted by molar-refractivity contribution is 0.607. The van der Waals surface area contributed by atoms with Crippen molar-refractivity contribution in [1.82, 2.24) is 8.96 Å². The average molecular weight is 196 g/mol. The summed E-state index contributed by atoms with van der Waals surface area (Å²) in [5, 5.41) is 0. The third-order valence-electron chi connectivity index (χ3n) is 1.86. The number of thiol groups is 1. The molecular weight excluding hydrogens is 188 g/mol. The number of aryl methyl sites for hydroxylation is 1. The molecule has 0 amide bonds. The predicted molar refractivity (Wildman–Crippen MR) is 50.2 cm³/mol. The van der Waals surface area contributed by atoms with Crippen molar-refractivity contribution < 1.29 is 8.42 Å². The summed E-state index contributed by atoms with van der Waals surface area (Å²) >= 11 is 0. The van der Waals surface area contributed by atoms with Crippen LogP contribution in [0.5, 0.6) is 0 Å². The maximum Gasteiger partial charge on any atom is 0.230 e. The van der Waals surface area contributed by atoms with Crippen LogP contribution >= 0.6 is 0 Å². The number of para-hydroxylation sites is 2. The molecule has 0 N–H and O–H groups in total. The SMILES string of the molecule is Cc1nc2ccccc2n1[SH](=O)=O. The van der Waals surface area contributed by atoms with Gasteiger partial charge in [-0.05, 0) is 19.1 Å². The molecule has 0 bridgehead atoms. The van der Waals surface area contributed by atoms with Crippen LogP contribution < -0.4 is 0 Å². The molecule has 1 aromatic heterocycles. The lowest BCUT2D eigenvalue weighted by atomic mass is 10.3. The zero-order chi connectivity index (χ0) is 9.42. The molecule has 0 unspecified atom stereocenters. The molecule has 0 fully saturated rings. The number of fused-ring (bicyclic) bond motifs is 1. The van der Waals surface area contributed by atoms with Crippen LogP contribution in [0.4, 0.5) is 0 Å². The van der Waals surface area contributed by atoms with E-state index >= 15 is 0 Å². The minimum Gasteiger partial charge on any atom is -0.232 e. The fourth-order valence-electron chi connectivity index (χ4n) is 1.34. The van der Waals surface area contributed by atoms with Gasteiger partial charge in [0.15, 0.2) is 0 Å². The first-order valence-electron chi connectivity index (χ1n) is 3.79. The van der Waals surface area contributed by atoms with Gasteiger partial charge in [-0.25, -0.2) is 17.4 Å². The highest BCUT2D eigenvalue weighted by Crippen LogP contribution is 2.14. The van der Waals surface area contributed by atoms with Crippen LogP contribution in [-0.4, -0.2) is 17.4 Å². The monoisotopic (exact) mass is 196 g/mol. The highest BCUT2D eigenvalue weighted by Gasteiger charge is 2.06. The molecule has 68 valence electrons. The van der Waals surface area contributed by atoms with Gasteiger partial charge in [-0.15, -0.1) is 0 Å². The second kappa shape index (κ2) is 2.85. The standard InChI is InChI=1S/C8H8N2O2S/c1-6-9-7-4-2-3-5-8(7)10(6)13(11)12/h2-5,13H,1H3. The number of aromatic nitrogens is 2. The Morgan fingerprint density at radius 2 is 2.00 bits per heavy atom. The summed E-state index contributed by atoms with van der Waals surface area (Å²) in [6, 6.07) is 7.15. The number of nitrogens with zero attached hydrogens (tertiary/aromatic N) is 2. The van der Waals surface area contributed by atoms with Gasteiger partial charge in [0.05, 0.1) is 11.0 Å². The summed E-state index contributed by atoms with van der Waals surface area (Å²) < 4.78 is 22.9. The number of hydrogen-bond donors (Lipinski definition) is 1. The maximum atomic E-state index is 10.9. The molecule has 4 nitrogen and oxygen atoms in total.